The van der Waals surface area contributed by atoms with Crippen LogP contribution < -0.4 is 10.1 Å². The quantitative estimate of drug-likeness (QED) is 0.902. The molecule has 106 valence electrons. The summed E-state index contributed by atoms with van der Waals surface area (Å²) in [6.45, 7) is 2.02. The van der Waals surface area contributed by atoms with Crippen molar-refractivity contribution in [3.8, 4) is 5.75 Å². The van der Waals surface area contributed by atoms with Gasteiger partial charge in [0, 0.05) is 16.1 Å². The van der Waals surface area contributed by atoms with Crippen LogP contribution in [-0.4, -0.2) is 14.2 Å². The molecular weight excluding hydrogens is 321 g/mol. The van der Waals surface area contributed by atoms with E-state index in [0.29, 0.717) is 11.3 Å². The summed E-state index contributed by atoms with van der Waals surface area (Å²) in [6.07, 6.45) is 0. The summed E-state index contributed by atoms with van der Waals surface area (Å²) in [5.41, 5.74) is 2.76. The Morgan fingerprint density at radius 3 is 2.50 bits per heavy atom. The largest absolute Gasteiger partial charge is 0.497 e. The maximum atomic E-state index is 14.2. The van der Waals surface area contributed by atoms with Gasteiger partial charge in [-0.25, -0.2) is 4.39 Å². The normalized spacial score (nSPS) is 12.2. The Kier molecular flexibility index (Phi) is 4.78. The van der Waals surface area contributed by atoms with Gasteiger partial charge in [0.1, 0.15) is 11.6 Å². The topological polar surface area (TPSA) is 21.3 Å². The van der Waals surface area contributed by atoms with E-state index in [1.807, 2.05) is 32.2 Å². The van der Waals surface area contributed by atoms with E-state index in [4.69, 9.17) is 4.74 Å². The summed E-state index contributed by atoms with van der Waals surface area (Å²) in [5.74, 6) is 0.242. The van der Waals surface area contributed by atoms with Gasteiger partial charge < -0.3 is 10.1 Å². The highest BCUT2D eigenvalue weighted by atomic mass is 79.9. The van der Waals surface area contributed by atoms with Gasteiger partial charge >= 0.3 is 0 Å². The highest BCUT2D eigenvalue weighted by Crippen LogP contribution is 2.29. The molecule has 2 aromatic rings. The van der Waals surface area contributed by atoms with Crippen LogP contribution >= 0.6 is 15.9 Å². The minimum atomic E-state index is -0.277. The summed E-state index contributed by atoms with van der Waals surface area (Å²) < 4.78 is 20.3. The van der Waals surface area contributed by atoms with Crippen molar-refractivity contribution < 1.29 is 9.13 Å². The van der Waals surface area contributed by atoms with E-state index in [1.165, 1.54) is 13.2 Å². The van der Waals surface area contributed by atoms with Crippen LogP contribution in [0.1, 0.15) is 22.7 Å². The molecule has 2 aromatic carbocycles. The third kappa shape index (κ3) is 3.02. The zero-order chi connectivity index (χ0) is 14.7. The summed E-state index contributed by atoms with van der Waals surface area (Å²) in [6, 6.07) is 10.8. The van der Waals surface area contributed by atoms with Gasteiger partial charge in [0.2, 0.25) is 0 Å². The maximum Gasteiger partial charge on any atom is 0.132 e. The van der Waals surface area contributed by atoms with E-state index in [-0.39, 0.29) is 11.9 Å². The molecule has 0 spiro atoms. The molecule has 0 radical (unpaired) electrons. The fourth-order valence-electron chi connectivity index (χ4n) is 2.16. The minimum Gasteiger partial charge on any atom is -0.497 e. The fraction of sp³-hybridized carbons (Fsp3) is 0.250. The molecule has 0 aromatic heterocycles. The first-order chi connectivity index (χ1) is 9.56. The smallest absolute Gasteiger partial charge is 0.132 e. The van der Waals surface area contributed by atoms with Gasteiger partial charge in [-0.05, 0) is 37.2 Å². The average molecular weight is 338 g/mol. The number of nitrogens with one attached hydrogen (secondary N) is 1. The predicted molar refractivity (Wildman–Crippen MR) is 82.7 cm³/mol. The van der Waals surface area contributed by atoms with Crippen LogP contribution in [0.3, 0.4) is 0 Å². The molecule has 1 N–H and O–H groups in total. The molecule has 0 amide bonds. The molecule has 1 unspecified atom stereocenters. The molecular formula is C16H17BrFNO. The minimum absolute atomic E-state index is 0.196. The van der Waals surface area contributed by atoms with Crippen molar-refractivity contribution in [2.75, 3.05) is 14.2 Å². The Hall–Kier alpha value is -1.39. The third-order valence-electron chi connectivity index (χ3n) is 3.34. The number of ether oxygens (including phenoxy) is 1. The molecule has 1 atom stereocenters. The van der Waals surface area contributed by atoms with Gasteiger partial charge in [-0.15, -0.1) is 0 Å². The molecule has 0 aliphatic carbocycles. The zero-order valence-corrected chi connectivity index (χ0v) is 13.3. The van der Waals surface area contributed by atoms with Crippen molar-refractivity contribution in [2.45, 2.75) is 13.0 Å². The Morgan fingerprint density at radius 1 is 1.20 bits per heavy atom. The van der Waals surface area contributed by atoms with Gasteiger partial charge in [0.25, 0.3) is 0 Å². The first-order valence-electron chi connectivity index (χ1n) is 6.33. The van der Waals surface area contributed by atoms with Crippen LogP contribution in [0.15, 0.2) is 40.9 Å². The number of halogens is 2. The fourth-order valence-corrected chi connectivity index (χ4v) is 2.56. The monoisotopic (exact) mass is 337 g/mol. The summed E-state index contributed by atoms with van der Waals surface area (Å²) >= 11 is 3.52. The third-order valence-corrected chi connectivity index (χ3v) is 4.19. The molecule has 0 bridgehead atoms. The van der Waals surface area contributed by atoms with E-state index >= 15 is 0 Å². The molecule has 4 heteroatoms. The van der Waals surface area contributed by atoms with Crippen LogP contribution in [0.5, 0.6) is 5.75 Å². The van der Waals surface area contributed by atoms with E-state index in [1.54, 1.807) is 12.1 Å². The SMILES string of the molecule is CNC(c1ccc(C)c(Br)c1)c1ccc(OC)cc1F. The highest BCUT2D eigenvalue weighted by molar-refractivity contribution is 9.10. The molecule has 2 nitrogen and oxygen atoms in total. The standard InChI is InChI=1S/C16H17BrFNO/c1-10-4-5-11(8-14(10)17)16(19-2)13-7-6-12(20-3)9-15(13)18/h4-9,16,19H,1-3H3. The molecule has 0 saturated carbocycles. The Bertz CT molecular complexity index is 615. The number of benzene rings is 2. The number of rotatable bonds is 4. The van der Waals surface area contributed by atoms with E-state index in [9.17, 15) is 4.39 Å². The first kappa shape index (κ1) is 15.0. The lowest BCUT2D eigenvalue weighted by Gasteiger charge is -2.19. The maximum absolute atomic E-state index is 14.2. The molecule has 0 aliphatic rings. The Morgan fingerprint density at radius 2 is 1.95 bits per heavy atom. The molecule has 0 saturated heterocycles. The molecule has 0 fully saturated rings. The van der Waals surface area contributed by atoms with Crippen molar-refractivity contribution in [3.63, 3.8) is 0 Å². The second-order valence-corrected chi connectivity index (χ2v) is 5.47. The lowest BCUT2D eigenvalue weighted by Crippen LogP contribution is -2.19. The molecule has 0 heterocycles. The number of hydrogen-bond acceptors (Lipinski definition) is 2. The second kappa shape index (κ2) is 6.37. The van der Waals surface area contributed by atoms with Crippen molar-refractivity contribution in [3.05, 3.63) is 63.4 Å². The van der Waals surface area contributed by atoms with Gasteiger partial charge in [0.05, 0.1) is 13.2 Å². The lowest BCUT2D eigenvalue weighted by atomic mass is 9.97. The van der Waals surface area contributed by atoms with Crippen molar-refractivity contribution in [1.82, 2.24) is 5.32 Å². The van der Waals surface area contributed by atoms with E-state index in [0.717, 1.165) is 15.6 Å². The van der Waals surface area contributed by atoms with Crippen molar-refractivity contribution in [2.24, 2.45) is 0 Å². The van der Waals surface area contributed by atoms with Crippen LogP contribution in [0.2, 0.25) is 0 Å². The van der Waals surface area contributed by atoms with Crippen LogP contribution in [0.25, 0.3) is 0 Å². The average Bonchev–Trinajstić information content (AvgIpc) is 2.45. The number of methoxy groups -OCH3 is 1. The van der Waals surface area contributed by atoms with E-state index in [2.05, 4.69) is 21.2 Å². The summed E-state index contributed by atoms with van der Waals surface area (Å²) in [4.78, 5) is 0. The Labute approximate surface area is 127 Å². The van der Waals surface area contributed by atoms with Crippen molar-refractivity contribution >= 4 is 15.9 Å². The zero-order valence-electron chi connectivity index (χ0n) is 11.7. The lowest BCUT2D eigenvalue weighted by molar-refractivity contribution is 0.410. The van der Waals surface area contributed by atoms with Crippen LogP contribution in [0.4, 0.5) is 4.39 Å². The summed E-state index contributed by atoms with van der Waals surface area (Å²) in [5, 5.41) is 3.16. The molecule has 20 heavy (non-hydrogen) atoms. The summed E-state index contributed by atoms with van der Waals surface area (Å²) in [7, 11) is 3.35. The molecule has 2 rings (SSSR count). The predicted octanol–water partition coefficient (Wildman–Crippen LogP) is 4.21. The molecule has 0 aliphatic heterocycles. The van der Waals surface area contributed by atoms with Crippen LogP contribution in [0, 0.1) is 12.7 Å². The Balaban J connectivity index is 2.43. The van der Waals surface area contributed by atoms with Crippen molar-refractivity contribution in [1.29, 1.82) is 0 Å². The van der Waals surface area contributed by atoms with Gasteiger partial charge in [0.15, 0.2) is 0 Å². The second-order valence-electron chi connectivity index (χ2n) is 4.62. The van der Waals surface area contributed by atoms with E-state index < -0.39 is 0 Å². The number of hydrogen-bond donors (Lipinski definition) is 1. The van der Waals surface area contributed by atoms with Gasteiger partial charge in [-0.3, -0.25) is 0 Å². The van der Waals surface area contributed by atoms with Crippen LogP contribution in [-0.2, 0) is 0 Å². The van der Waals surface area contributed by atoms with Gasteiger partial charge in [-0.1, -0.05) is 34.1 Å². The van der Waals surface area contributed by atoms with Gasteiger partial charge in [-0.2, -0.15) is 0 Å². The number of aryl methyl sites for hydroxylation is 1. The first-order valence-corrected chi connectivity index (χ1v) is 7.13. The highest BCUT2D eigenvalue weighted by Gasteiger charge is 2.17.